The fourth-order valence-electron chi connectivity index (χ4n) is 3.75. The molecule has 184 valence electrons. The minimum atomic E-state index is -0.609. The topological polar surface area (TPSA) is 52.6 Å². The highest BCUT2D eigenvalue weighted by atomic mass is 16.5. The van der Waals surface area contributed by atoms with E-state index in [2.05, 4.69) is 13.8 Å². The van der Waals surface area contributed by atoms with Crippen LogP contribution in [0, 0.1) is 0 Å². The molecule has 0 aliphatic rings. The van der Waals surface area contributed by atoms with Gasteiger partial charge in [0.2, 0.25) is 0 Å². The molecule has 0 aliphatic carbocycles. The zero-order valence-corrected chi connectivity index (χ0v) is 20.9. The van der Waals surface area contributed by atoms with E-state index in [4.69, 9.17) is 9.47 Å². The average Bonchev–Trinajstić information content (AvgIpc) is 2.84. The maximum atomic E-state index is 12.0. The van der Waals surface area contributed by atoms with Crippen molar-refractivity contribution in [2.24, 2.45) is 0 Å². The van der Waals surface area contributed by atoms with Gasteiger partial charge < -0.3 is 9.47 Å². The van der Waals surface area contributed by atoms with Crippen LogP contribution < -0.4 is 9.47 Å². The minimum Gasteiger partial charge on any atom is -0.423 e. The van der Waals surface area contributed by atoms with Gasteiger partial charge in [-0.25, -0.2) is 9.59 Å². The van der Waals surface area contributed by atoms with Crippen molar-refractivity contribution in [3.8, 4) is 11.5 Å². The van der Waals surface area contributed by atoms with Crippen LogP contribution >= 0.6 is 0 Å². The SMILES string of the molecule is CCCCCCCc1ccc(OC(=O)/C=C\C(=O)Oc2ccc(CCCCCCC)cc2)cc1. The Hall–Kier alpha value is -2.88. The fourth-order valence-corrected chi connectivity index (χ4v) is 3.75. The zero-order valence-electron chi connectivity index (χ0n) is 20.9. The molecular weight excluding hydrogens is 424 g/mol. The number of benzene rings is 2. The summed E-state index contributed by atoms with van der Waals surface area (Å²) in [7, 11) is 0. The third kappa shape index (κ3) is 11.8. The fraction of sp³-hybridized carbons (Fsp3) is 0.467. The van der Waals surface area contributed by atoms with E-state index < -0.39 is 11.9 Å². The summed E-state index contributed by atoms with van der Waals surface area (Å²) < 4.78 is 10.5. The number of aryl methyl sites for hydroxylation is 2. The van der Waals surface area contributed by atoms with Crippen LogP contribution in [0.25, 0.3) is 0 Å². The normalized spacial score (nSPS) is 11.0. The number of hydrogen-bond donors (Lipinski definition) is 0. The smallest absolute Gasteiger partial charge is 0.336 e. The Kier molecular flexibility index (Phi) is 13.4. The molecule has 4 heteroatoms. The quantitative estimate of drug-likeness (QED) is 0.110. The molecule has 34 heavy (non-hydrogen) atoms. The molecule has 2 aromatic rings. The molecule has 4 nitrogen and oxygen atoms in total. The molecule has 0 N–H and O–H groups in total. The minimum absolute atomic E-state index is 0.461. The molecule has 0 saturated heterocycles. The van der Waals surface area contributed by atoms with E-state index in [9.17, 15) is 9.59 Å². The second kappa shape index (κ2) is 16.7. The first-order valence-corrected chi connectivity index (χ1v) is 12.9. The Morgan fingerprint density at radius 1 is 0.559 bits per heavy atom. The Bertz CT molecular complexity index is 792. The van der Waals surface area contributed by atoms with Crippen LogP contribution in [0.5, 0.6) is 11.5 Å². The number of carbonyl (C=O) groups excluding carboxylic acids is 2. The molecule has 2 rings (SSSR count). The van der Waals surface area contributed by atoms with E-state index in [1.165, 1.54) is 75.3 Å². The predicted molar refractivity (Wildman–Crippen MR) is 138 cm³/mol. The van der Waals surface area contributed by atoms with E-state index in [0.29, 0.717) is 11.5 Å². The van der Waals surface area contributed by atoms with Gasteiger partial charge in [-0.3, -0.25) is 0 Å². The lowest BCUT2D eigenvalue weighted by atomic mass is 10.1. The lowest BCUT2D eigenvalue weighted by Crippen LogP contribution is -2.08. The summed E-state index contributed by atoms with van der Waals surface area (Å²) in [6.45, 7) is 4.43. The Morgan fingerprint density at radius 3 is 1.26 bits per heavy atom. The molecular formula is C30H40O4. The van der Waals surface area contributed by atoms with E-state index in [0.717, 1.165) is 25.0 Å². The van der Waals surface area contributed by atoms with Crippen molar-refractivity contribution < 1.29 is 19.1 Å². The number of hydrogen-bond acceptors (Lipinski definition) is 4. The van der Waals surface area contributed by atoms with Crippen LogP contribution in [-0.2, 0) is 22.4 Å². The van der Waals surface area contributed by atoms with E-state index >= 15 is 0 Å². The molecule has 0 unspecified atom stereocenters. The molecule has 0 atom stereocenters. The van der Waals surface area contributed by atoms with Gasteiger partial charge in [0.1, 0.15) is 11.5 Å². The maximum absolute atomic E-state index is 12.0. The summed E-state index contributed by atoms with van der Waals surface area (Å²) in [6, 6.07) is 15.1. The van der Waals surface area contributed by atoms with E-state index in [1.807, 2.05) is 24.3 Å². The van der Waals surface area contributed by atoms with Gasteiger partial charge >= 0.3 is 11.9 Å². The van der Waals surface area contributed by atoms with Gasteiger partial charge in [-0.05, 0) is 61.1 Å². The third-order valence-electron chi connectivity index (χ3n) is 5.78. The Labute approximate surface area is 205 Å². The second-order valence-corrected chi connectivity index (χ2v) is 8.79. The first kappa shape index (κ1) is 27.4. The molecule has 0 amide bonds. The predicted octanol–water partition coefficient (Wildman–Crippen LogP) is 7.78. The Morgan fingerprint density at radius 2 is 0.912 bits per heavy atom. The first-order valence-electron chi connectivity index (χ1n) is 12.9. The van der Waals surface area contributed by atoms with Crippen molar-refractivity contribution in [2.75, 3.05) is 0 Å². The Balaban J connectivity index is 1.69. The lowest BCUT2D eigenvalue weighted by molar-refractivity contribution is -0.131. The molecule has 0 aromatic heterocycles. The lowest BCUT2D eigenvalue weighted by Gasteiger charge is -2.05. The van der Waals surface area contributed by atoms with E-state index in [1.54, 1.807) is 24.3 Å². The van der Waals surface area contributed by atoms with Crippen molar-refractivity contribution in [2.45, 2.75) is 90.9 Å². The number of carbonyl (C=O) groups is 2. The molecule has 0 fully saturated rings. The summed E-state index contributed by atoms with van der Waals surface area (Å²) in [5, 5.41) is 0. The van der Waals surface area contributed by atoms with Gasteiger partial charge in [-0.15, -0.1) is 0 Å². The van der Waals surface area contributed by atoms with Crippen LogP contribution in [0.1, 0.15) is 89.2 Å². The highest BCUT2D eigenvalue weighted by Crippen LogP contribution is 2.17. The molecule has 0 bridgehead atoms. The summed E-state index contributed by atoms with van der Waals surface area (Å²) in [5.74, 6) is -0.295. The molecule has 0 spiro atoms. The van der Waals surface area contributed by atoms with Crippen LogP contribution in [0.3, 0.4) is 0 Å². The summed E-state index contributed by atoms with van der Waals surface area (Å²) in [4.78, 5) is 24.0. The molecule has 0 radical (unpaired) electrons. The van der Waals surface area contributed by atoms with Gasteiger partial charge in [0.05, 0.1) is 0 Å². The molecule has 0 saturated carbocycles. The average molecular weight is 465 g/mol. The molecule has 2 aromatic carbocycles. The van der Waals surface area contributed by atoms with Crippen LogP contribution in [-0.4, -0.2) is 11.9 Å². The summed E-state index contributed by atoms with van der Waals surface area (Å²) >= 11 is 0. The van der Waals surface area contributed by atoms with Crippen molar-refractivity contribution in [1.29, 1.82) is 0 Å². The van der Waals surface area contributed by atoms with Gasteiger partial charge in [0.25, 0.3) is 0 Å². The zero-order chi connectivity index (χ0) is 24.4. The number of unbranched alkanes of at least 4 members (excludes halogenated alkanes) is 8. The van der Waals surface area contributed by atoms with Gasteiger partial charge in [-0.1, -0.05) is 89.5 Å². The van der Waals surface area contributed by atoms with Gasteiger partial charge in [0.15, 0.2) is 0 Å². The summed E-state index contributed by atoms with van der Waals surface area (Å²) in [6.07, 6.45) is 16.7. The standard InChI is InChI=1S/C30H40O4/c1-3-5-7-9-11-13-25-15-19-27(20-16-25)33-29(31)23-24-30(32)34-28-21-17-26(18-22-28)14-12-10-8-6-4-2/h15-24H,3-14H2,1-2H3/b24-23-. The third-order valence-corrected chi connectivity index (χ3v) is 5.78. The van der Waals surface area contributed by atoms with Crippen LogP contribution in [0.4, 0.5) is 0 Å². The maximum Gasteiger partial charge on any atom is 0.336 e. The van der Waals surface area contributed by atoms with Crippen molar-refractivity contribution >= 4 is 11.9 Å². The number of ether oxygens (including phenoxy) is 2. The van der Waals surface area contributed by atoms with Crippen molar-refractivity contribution in [3.05, 3.63) is 71.8 Å². The highest BCUT2D eigenvalue weighted by molar-refractivity contribution is 5.93. The van der Waals surface area contributed by atoms with Crippen LogP contribution in [0.15, 0.2) is 60.7 Å². The second-order valence-electron chi connectivity index (χ2n) is 8.79. The summed E-state index contributed by atoms with van der Waals surface area (Å²) in [5.41, 5.74) is 2.47. The first-order chi connectivity index (χ1) is 16.6. The monoisotopic (exact) mass is 464 g/mol. The highest BCUT2D eigenvalue weighted by Gasteiger charge is 2.05. The van der Waals surface area contributed by atoms with Gasteiger partial charge in [-0.2, -0.15) is 0 Å². The van der Waals surface area contributed by atoms with Crippen LogP contribution in [0.2, 0.25) is 0 Å². The van der Waals surface area contributed by atoms with Crippen molar-refractivity contribution in [3.63, 3.8) is 0 Å². The number of rotatable bonds is 16. The molecule has 0 aliphatic heterocycles. The molecule has 0 heterocycles. The van der Waals surface area contributed by atoms with Gasteiger partial charge in [0, 0.05) is 12.2 Å². The number of esters is 2. The largest absolute Gasteiger partial charge is 0.423 e. The van der Waals surface area contributed by atoms with E-state index in [-0.39, 0.29) is 0 Å². The van der Waals surface area contributed by atoms with Crippen molar-refractivity contribution in [1.82, 2.24) is 0 Å².